The van der Waals surface area contributed by atoms with Gasteiger partial charge in [0.05, 0.1) is 16.3 Å². The minimum Gasteiger partial charge on any atom is -0.409 e. The van der Waals surface area contributed by atoms with Gasteiger partial charge in [-0.05, 0) is 36.8 Å². The summed E-state index contributed by atoms with van der Waals surface area (Å²) in [6, 6.07) is 6.39. The molecule has 0 bridgehead atoms. The van der Waals surface area contributed by atoms with E-state index in [0.29, 0.717) is 16.8 Å². The molecule has 6 nitrogen and oxygen atoms in total. The lowest BCUT2D eigenvalue weighted by molar-refractivity contribution is 0.102. The lowest BCUT2D eigenvalue weighted by atomic mass is 10.1. The number of hydrogen-bond acceptors (Lipinski definition) is 4. The lowest BCUT2D eigenvalue weighted by Gasteiger charge is -2.09. The predicted octanol–water partition coefficient (Wildman–Crippen LogP) is 2.39. The molecule has 0 aliphatic carbocycles. The van der Waals surface area contributed by atoms with Crippen molar-refractivity contribution in [3.63, 3.8) is 0 Å². The van der Waals surface area contributed by atoms with E-state index in [0.717, 1.165) is 5.56 Å². The van der Waals surface area contributed by atoms with Crippen LogP contribution >= 0.6 is 11.6 Å². The number of anilines is 1. The van der Waals surface area contributed by atoms with E-state index in [-0.39, 0.29) is 16.8 Å². The van der Waals surface area contributed by atoms with Gasteiger partial charge in [-0.15, -0.1) is 0 Å². The Balaban J connectivity index is 2.22. The van der Waals surface area contributed by atoms with Crippen LogP contribution in [-0.2, 0) is 0 Å². The van der Waals surface area contributed by atoms with Crippen LogP contribution in [0, 0.1) is 6.92 Å². The normalized spacial score (nSPS) is 11.2. The summed E-state index contributed by atoms with van der Waals surface area (Å²) in [6.45, 7) is 1.85. The van der Waals surface area contributed by atoms with Crippen LogP contribution in [0.1, 0.15) is 21.5 Å². The van der Waals surface area contributed by atoms with Gasteiger partial charge >= 0.3 is 0 Å². The number of halogens is 1. The summed E-state index contributed by atoms with van der Waals surface area (Å²) in [7, 11) is 0. The van der Waals surface area contributed by atoms with Crippen LogP contribution in [0.3, 0.4) is 0 Å². The monoisotopic (exact) mass is 304 g/mol. The molecule has 2 aromatic rings. The van der Waals surface area contributed by atoms with E-state index < -0.39 is 0 Å². The van der Waals surface area contributed by atoms with Gasteiger partial charge in [0.1, 0.15) is 0 Å². The zero-order valence-electron chi connectivity index (χ0n) is 11.2. The number of benzene rings is 1. The molecule has 1 aromatic carbocycles. The Morgan fingerprint density at radius 2 is 2.10 bits per heavy atom. The zero-order valence-corrected chi connectivity index (χ0v) is 11.9. The van der Waals surface area contributed by atoms with Crippen molar-refractivity contribution >= 4 is 29.0 Å². The molecule has 0 aliphatic rings. The van der Waals surface area contributed by atoms with Crippen molar-refractivity contribution in [2.24, 2.45) is 10.9 Å². The highest BCUT2D eigenvalue weighted by Crippen LogP contribution is 2.23. The molecule has 1 heterocycles. The van der Waals surface area contributed by atoms with Gasteiger partial charge in [-0.3, -0.25) is 9.78 Å². The molecule has 0 aliphatic heterocycles. The largest absolute Gasteiger partial charge is 0.409 e. The molecule has 1 aromatic heterocycles. The maximum atomic E-state index is 12.1. The highest BCUT2D eigenvalue weighted by molar-refractivity contribution is 6.34. The number of carbonyl (C=O) groups excluding carboxylic acids is 1. The molecule has 0 radical (unpaired) electrons. The molecule has 21 heavy (non-hydrogen) atoms. The van der Waals surface area contributed by atoms with E-state index in [1.165, 1.54) is 12.3 Å². The van der Waals surface area contributed by atoms with E-state index in [9.17, 15) is 4.79 Å². The van der Waals surface area contributed by atoms with Crippen molar-refractivity contribution in [3.8, 4) is 0 Å². The number of nitrogens with zero attached hydrogens (tertiary/aromatic N) is 2. The number of amidine groups is 1. The molecule has 0 atom stereocenters. The number of nitrogens with two attached hydrogens (primary N) is 1. The van der Waals surface area contributed by atoms with Crippen LogP contribution in [0.2, 0.25) is 5.02 Å². The number of nitrogens with one attached hydrogen (secondary N) is 1. The number of hydrogen-bond donors (Lipinski definition) is 3. The highest BCUT2D eigenvalue weighted by atomic mass is 35.5. The first kappa shape index (κ1) is 14.8. The van der Waals surface area contributed by atoms with E-state index in [2.05, 4.69) is 15.5 Å². The smallest absolute Gasteiger partial charge is 0.257 e. The topological polar surface area (TPSA) is 101 Å². The minimum absolute atomic E-state index is 0.0577. The van der Waals surface area contributed by atoms with E-state index in [4.69, 9.17) is 22.5 Å². The Labute approximate surface area is 126 Å². The molecule has 0 unspecified atom stereocenters. The summed E-state index contributed by atoms with van der Waals surface area (Å²) in [5, 5.41) is 14.5. The van der Waals surface area contributed by atoms with Crippen molar-refractivity contribution in [2.45, 2.75) is 6.92 Å². The summed E-state index contributed by atoms with van der Waals surface area (Å²) in [6.07, 6.45) is 3.14. The van der Waals surface area contributed by atoms with Gasteiger partial charge in [-0.25, -0.2) is 0 Å². The minimum atomic E-state index is -0.315. The molecule has 108 valence electrons. The van der Waals surface area contributed by atoms with Gasteiger partial charge in [0, 0.05) is 18.0 Å². The second-order valence-corrected chi connectivity index (χ2v) is 4.79. The first-order valence-corrected chi connectivity index (χ1v) is 6.39. The van der Waals surface area contributed by atoms with Gasteiger partial charge < -0.3 is 16.3 Å². The number of aromatic nitrogens is 1. The van der Waals surface area contributed by atoms with Crippen molar-refractivity contribution in [1.29, 1.82) is 0 Å². The maximum absolute atomic E-state index is 12.1. The standard InChI is InChI=1S/C14H13ClN4O2/c1-8-4-10(7-17-6-8)14(20)18-12-3-2-9(5-11(12)15)13(16)19-21/h2-7,21H,1H3,(H2,16,19)(H,18,20). The van der Waals surface area contributed by atoms with Crippen molar-refractivity contribution in [2.75, 3.05) is 5.32 Å². The third-order valence-electron chi connectivity index (χ3n) is 2.76. The van der Waals surface area contributed by atoms with Gasteiger partial charge in [-0.2, -0.15) is 0 Å². The fourth-order valence-corrected chi connectivity index (χ4v) is 1.93. The Morgan fingerprint density at radius 1 is 1.33 bits per heavy atom. The van der Waals surface area contributed by atoms with E-state index in [1.807, 2.05) is 6.92 Å². The molecule has 1 amide bonds. The molecule has 4 N–H and O–H groups in total. The van der Waals surface area contributed by atoms with Crippen LogP contribution < -0.4 is 11.1 Å². The molecule has 0 spiro atoms. The zero-order chi connectivity index (χ0) is 15.4. The fraction of sp³-hybridized carbons (Fsp3) is 0.0714. The third kappa shape index (κ3) is 3.49. The lowest BCUT2D eigenvalue weighted by Crippen LogP contribution is -2.15. The number of amides is 1. The van der Waals surface area contributed by atoms with Gasteiger partial charge in [-0.1, -0.05) is 16.8 Å². The number of aryl methyl sites for hydroxylation is 1. The molecule has 2 rings (SSSR count). The molecule has 7 heteroatoms. The second kappa shape index (κ2) is 6.23. The molecule has 0 fully saturated rings. The summed E-state index contributed by atoms with van der Waals surface area (Å²) in [4.78, 5) is 16.1. The quantitative estimate of drug-likeness (QED) is 0.351. The van der Waals surface area contributed by atoms with E-state index >= 15 is 0 Å². The second-order valence-electron chi connectivity index (χ2n) is 4.38. The molecule has 0 saturated carbocycles. The summed E-state index contributed by atoms with van der Waals surface area (Å²) in [5.41, 5.74) is 7.67. The number of carbonyl (C=O) groups is 1. The van der Waals surface area contributed by atoms with Crippen LogP contribution in [0.4, 0.5) is 5.69 Å². The fourth-order valence-electron chi connectivity index (χ4n) is 1.71. The summed E-state index contributed by atoms with van der Waals surface area (Å²) >= 11 is 6.07. The SMILES string of the molecule is Cc1cncc(C(=O)Nc2ccc(/C(N)=N/O)cc2Cl)c1. The molecule has 0 saturated heterocycles. The Hall–Kier alpha value is -2.60. The average molecular weight is 305 g/mol. The van der Waals surface area contributed by atoms with Crippen LogP contribution in [0.25, 0.3) is 0 Å². The first-order valence-electron chi connectivity index (χ1n) is 6.01. The van der Waals surface area contributed by atoms with Crippen LogP contribution in [0.15, 0.2) is 41.8 Å². The van der Waals surface area contributed by atoms with Crippen LogP contribution in [0.5, 0.6) is 0 Å². The summed E-state index contributed by atoms with van der Waals surface area (Å²) < 4.78 is 0. The summed E-state index contributed by atoms with van der Waals surface area (Å²) in [5.74, 6) is -0.373. The molecular formula is C14H13ClN4O2. The van der Waals surface area contributed by atoms with Crippen molar-refractivity contribution < 1.29 is 10.0 Å². The van der Waals surface area contributed by atoms with Crippen molar-refractivity contribution in [1.82, 2.24) is 4.98 Å². The number of oxime groups is 1. The Kier molecular flexibility index (Phi) is 4.39. The predicted molar refractivity (Wildman–Crippen MR) is 80.9 cm³/mol. The third-order valence-corrected chi connectivity index (χ3v) is 3.07. The van der Waals surface area contributed by atoms with Gasteiger partial charge in [0.25, 0.3) is 5.91 Å². The molecular weight excluding hydrogens is 292 g/mol. The highest BCUT2D eigenvalue weighted by Gasteiger charge is 2.10. The van der Waals surface area contributed by atoms with E-state index in [1.54, 1.807) is 24.4 Å². The maximum Gasteiger partial charge on any atom is 0.257 e. The number of rotatable bonds is 3. The Morgan fingerprint density at radius 3 is 2.71 bits per heavy atom. The van der Waals surface area contributed by atoms with Crippen LogP contribution in [-0.4, -0.2) is 21.9 Å². The van der Waals surface area contributed by atoms with Gasteiger partial charge in [0.2, 0.25) is 0 Å². The average Bonchev–Trinajstić information content (AvgIpc) is 2.48. The van der Waals surface area contributed by atoms with Gasteiger partial charge in [0.15, 0.2) is 5.84 Å². The first-order chi connectivity index (χ1) is 10.0. The Bertz CT molecular complexity index is 716. The van der Waals surface area contributed by atoms with Crippen molar-refractivity contribution in [3.05, 3.63) is 58.4 Å². The number of pyridine rings is 1.